The minimum Gasteiger partial charge on any atom is -0.496 e. The summed E-state index contributed by atoms with van der Waals surface area (Å²) in [6.07, 6.45) is 0.965. The Morgan fingerprint density at radius 2 is 1.69 bits per heavy atom. The Morgan fingerprint density at radius 1 is 1.00 bits per heavy atom. The summed E-state index contributed by atoms with van der Waals surface area (Å²) >= 11 is 3.46. The van der Waals surface area contributed by atoms with Gasteiger partial charge < -0.3 is 14.5 Å². The molecule has 0 spiro atoms. The number of esters is 1. The first kappa shape index (κ1) is 22.9. The number of aromatic amines is 1. The van der Waals surface area contributed by atoms with Gasteiger partial charge in [0, 0.05) is 17.1 Å². The van der Waals surface area contributed by atoms with Gasteiger partial charge in [-0.3, -0.25) is 19.3 Å². The molecule has 5 rings (SSSR count). The Hall–Kier alpha value is -3.91. The average Bonchev–Trinajstić information content (AvgIpc) is 3.38. The van der Waals surface area contributed by atoms with Crippen LogP contribution in [0, 0.1) is 0 Å². The van der Waals surface area contributed by atoms with E-state index < -0.39 is 23.9 Å². The van der Waals surface area contributed by atoms with E-state index in [1.54, 1.807) is 55.8 Å². The van der Waals surface area contributed by atoms with E-state index in [4.69, 9.17) is 9.47 Å². The summed E-state index contributed by atoms with van der Waals surface area (Å²) in [7, 11) is 1.55. The van der Waals surface area contributed by atoms with Crippen molar-refractivity contribution in [1.82, 2.24) is 9.88 Å². The van der Waals surface area contributed by atoms with Gasteiger partial charge in [0.15, 0.2) is 0 Å². The number of nitrogens with zero attached hydrogens (tertiary/aromatic N) is 1. The van der Waals surface area contributed by atoms with Gasteiger partial charge >= 0.3 is 5.97 Å². The Morgan fingerprint density at radius 3 is 2.37 bits per heavy atom. The molecule has 1 atom stereocenters. The number of nitrogens with one attached hydrogen (secondary N) is 1. The number of para-hydroxylation sites is 1. The largest absolute Gasteiger partial charge is 0.496 e. The highest BCUT2D eigenvalue weighted by Gasteiger charge is 2.37. The molecule has 0 radical (unpaired) electrons. The molecule has 0 saturated carbocycles. The third-order valence-electron chi connectivity index (χ3n) is 6.06. The Labute approximate surface area is 209 Å². The van der Waals surface area contributed by atoms with Crippen LogP contribution in [0.2, 0.25) is 0 Å². The molecular weight excluding hydrogens is 512 g/mol. The van der Waals surface area contributed by atoms with Crippen LogP contribution in [-0.2, 0) is 16.0 Å². The molecular formula is C27H21BrN2O5. The second-order valence-corrected chi connectivity index (χ2v) is 9.03. The maximum atomic E-state index is 13.0. The van der Waals surface area contributed by atoms with Crippen LogP contribution < -0.4 is 4.74 Å². The lowest BCUT2D eigenvalue weighted by molar-refractivity contribution is -0.149. The number of imide groups is 1. The summed E-state index contributed by atoms with van der Waals surface area (Å²) in [4.78, 5) is 43.2. The van der Waals surface area contributed by atoms with Gasteiger partial charge in [0.25, 0.3) is 11.8 Å². The fourth-order valence-electron chi connectivity index (χ4n) is 4.30. The third kappa shape index (κ3) is 4.33. The average molecular weight is 533 g/mol. The molecule has 1 aliphatic heterocycles. The molecule has 4 aromatic rings. The lowest BCUT2D eigenvalue weighted by Gasteiger charge is -2.24. The maximum absolute atomic E-state index is 13.0. The van der Waals surface area contributed by atoms with Crippen molar-refractivity contribution in [3.63, 3.8) is 0 Å². The zero-order chi connectivity index (χ0) is 24.5. The smallest absolute Gasteiger partial charge is 0.311 e. The van der Waals surface area contributed by atoms with Gasteiger partial charge in [-0.25, -0.2) is 0 Å². The first-order valence-electron chi connectivity index (χ1n) is 11.0. The van der Waals surface area contributed by atoms with Crippen LogP contribution in [0.1, 0.15) is 37.9 Å². The number of hydrogen-bond acceptors (Lipinski definition) is 5. The van der Waals surface area contributed by atoms with Crippen molar-refractivity contribution >= 4 is 44.6 Å². The number of rotatable bonds is 7. The maximum Gasteiger partial charge on any atom is 0.311 e. The fourth-order valence-corrected chi connectivity index (χ4v) is 4.86. The molecule has 2 heterocycles. The van der Waals surface area contributed by atoms with E-state index in [1.807, 2.05) is 24.3 Å². The number of carbonyl (C=O) groups is 3. The summed E-state index contributed by atoms with van der Waals surface area (Å²) in [5, 5.41) is 0.938. The van der Waals surface area contributed by atoms with Crippen LogP contribution >= 0.6 is 15.9 Å². The van der Waals surface area contributed by atoms with E-state index >= 15 is 0 Å². The number of hydrogen-bond donors (Lipinski definition) is 1. The predicted octanol–water partition coefficient (Wildman–Crippen LogP) is 5.06. The Bertz CT molecular complexity index is 1430. The molecule has 0 aliphatic carbocycles. The quantitative estimate of drug-likeness (QED) is 0.265. The molecule has 8 heteroatoms. The predicted molar refractivity (Wildman–Crippen MR) is 133 cm³/mol. The van der Waals surface area contributed by atoms with E-state index in [0.29, 0.717) is 26.9 Å². The number of ether oxygens (including phenoxy) is 2. The number of benzene rings is 3. The van der Waals surface area contributed by atoms with Crippen molar-refractivity contribution in [2.75, 3.05) is 13.7 Å². The highest BCUT2D eigenvalue weighted by atomic mass is 79.9. The molecule has 0 unspecified atom stereocenters. The SMILES string of the molecule is COc1ccc([C@@H](CN2C(=O)c3ccccc3C2=O)OC(=O)Cc2c[nH]c3ccccc23)cc1Br. The number of aromatic nitrogens is 1. The van der Waals surface area contributed by atoms with Gasteiger partial charge in [0.1, 0.15) is 11.9 Å². The molecule has 0 fully saturated rings. The van der Waals surface area contributed by atoms with E-state index in [2.05, 4.69) is 20.9 Å². The van der Waals surface area contributed by atoms with Crippen molar-refractivity contribution in [2.24, 2.45) is 0 Å². The molecule has 1 aromatic heterocycles. The normalized spacial score (nSPS) is 13.7. The zero-order valence-electron chi connectivity index (χ0n) is 18.8. The summed E-state index contributed by atoms with van der Waals surface area (Å²) in [5.74, 6) is -0.673. The lowest BCUT2D eigenvalue weighted by atomic mass is 10.1. The van der Waals surface area contributed by atoms with Crippen molar-refractivity contribution in [3.05, 3.63) is 99.7 Å². The van der Waals surface area contributed by atoms with Gasteiger partial charge in [-0.1, -0.05) is 36.4 Å². The van der Waals surface area contributed by atoms with Gasteiger partial charge in [-0.05, 0) is 57.4 Å². The highest BCUT2D eigenvalue weighted by molar-refractivity contribution is 9.10. The van der Waals surface area contributed by atoms with Crippen molar-refractivity contribution in [1.29, 1.82) is 0 Å². The number of fused-ring (bicyclic) bond motifs is 2. The number of methoxy groups -OCH3 is 1. The van der Waals surface area contributed by atoms with E-state index in [-0.39, 0.29) is 13.0 Å². The second kappa shape index (κ2) is 9.38. The minimum atomic E-state index is -0.864. The molecule has 1 aliphatic rings. The van der Waals surface area contributed by atoms with E-state index in [9.17, 15) is 14.4 Å². The molecule has 3 aromatic carbocycles. The summed E-state index contributed by atoms with van der Waals surface area (Å²) in [6, 6.07) is 19.6. The first-order valence-corrected chi connectivity index (χ1v) is 11.8. The van der Waals surface area contributed by atoms with Gasteiger partial charge in [-0.15, -0.1) is 0 Å². The topological polar surface area (TPSA) is 88.7 Å². The van der Waals surface area contributed by atoms with Crippen LogP contribution in [0.5, 0.6) is 5.75 Å². The molecule has 0 saturated heterocycles. The minimum absolute atomic E-state index is 0.0416. The Kier molecular flexibility index (Phi) is 6.13. The third-order valence-corrected chi connectivity index (χ3v) is 6.68. The molecule has 7 nitrogen and oxygen atoms in total. The lowest BCUT2D eigenvalue weighted by Crippen LogP contribution is -2.35. The first-order chi connectivity index (χ1) is 17.0. The highest BCUT2D eigenvalue weighted by Crippen LogP contribution is 2.32. The number of carbonyl (C=O) groups excluding carboxylic acids is 3. The van der Waals surface area contributed by atoms with Crippen LogP contribution in [0.15, 0.2) is 77.4 Å². The monoisotopic (exact) mass is 532 g/mol. The molecule has 35 heavy (non-hydrogen) atoms. The van der Waals surface area contributed by atoms with Gasteiger partial charge in [-0.2, -0.15) is 0 Å². The number of halogens is 1. The van der Waals surface area contributed by atoms with Crippen LogP contribution in [-0.4, -0.2) is 41.3 Å². The van der Waals surface area contributed by atoms with Crippen LogP contribution in [0.25, 0.3) is 10.9 Å². The van der Waals surface area contributed by atoms with Gasteiger partial charge in [0.05, 0.1) is 35.7 Å². The van der Waals surface area contributed by atoms with Gasteiger partial charge in [0.2, 0.25) is 0 Å². The summed E-state index contributed by atoms with van der Waals surface area (Å²) < 4.78 is 11.9. The van der Waals surface area contributed by atoms with E-state index in [1.165, 1.54) is 0 Å². The van der Waals surface area contributed by atoms with Crippen molar-refractivity contribution in [3.8, 4) is 5.75 Å². The number of H-pyrrole nitrogens is 1. The standard InChI is InChI=1S/C27H21BrN2O5/c1-34-23-11-10-16(12-21(23)28)24(15-30-26(32)19-7-2-3-8-20(19)27(30)33)35-25(31)13-17-14-29-22-9-5-4-6-18(17)22/h2-12,14,24,29H,13,15H2,1H3/t24-/m1/s1. The zero-order valence-corrected chi connectivity index (χ0v) is 20.4. The van der Waals surface area contributed by atoms with Crippen LogP contribution in [0.3, 0.4) is 0 Å². The molecule has 176 valence electrons. The summed E-state index contributed by atoms with van der Waals surface area (Å²) in [5.41, 5.74) is 3.05. The fraction of sp³-hybridized carbons (Fsp3) is 0.148. The molecule has 1 N–H and O–H groups in total. The second-order valence-electron chi connectivity index (χ2n) is 8.18. The van der Waals surface area contributed by atoms with E-state index in [0.717, 1.165) is 21.4 Å². The number of amides is 2. The van der Waals surface area contributed by atoms with Crippen molar-refractivity contribution < 1.29 is 23.9 Å². The van der Waals surface area contributed by atoms with Crippen LogP contribution in [0.4, 0.5) is 0 Å². The van der Waals surface area contributed by atoms with Crippen molar-refractivity contribution in [2.45, 2.75) is 12.5 Å². The summed E-state index contributed by atoms with van der Waals surface area (Å²) in [6.45, 7) is -0.106. The Balaban J connectivity index is 1.42. The molecule has 2 amide bonds. The molecule has 0 bridgehead atoms.